The monoisotopic (exact) mass is 349 g/mol. The Morgan fingerprint density at radius 3 is 2.12 bits per heavy atom. The number of hydrogen-bond acceptors (Lipinski definition) is 4. The van der Waals surface area contributed by atoms with E-state index in [1.807, 2.05) is 12.1 Å². The summed E-state index contributed by atoms with van der Waals surface area (Å²) in [6, 6.07) is 4.20. The van der Waals surface area contributed by atoms with Crippen molar-refractivity contribution in [3.63, 3.8) is 0 Å². The molecule has 0 amide bonds. The van der Waals surface area contributed by atoms with E-state index in [0.717, 1.165) is 29.8 Å². The van der Waals surface area contributed by atoms with Crippen LogP contribution in [0.5, 0.6) is 5.75 Å². The van der Waals surface area contributed by atoms with Gasteiger partial charge in [0.1, 0.15) is 5.75 Å². The van der Waals surface area contributed by atoms with Crippen molar-refractivity contribution in [2.45, 2.75) is 71.3 Å². The van der Waals surface area contributed by atoms with Crippen LogP contribution in [-0.4, -0.2) is 28.6 Å². The topological polar surface area (TPSA) is 49.3 Å². The fraction of sp³-hybridized carbons (Fsp3) is 0.650. The Bertz CT molecular complexity index is 570. The summed E-state index contributed by atoms with van der Waals surface area (Å²) in [4.78, 5) is 12.7. The van der Waals surface area contributed by atoms with Crippen LogP contribution < -0.4 is 5.32 Å². The van der Waals surface area contributed by atoms with Gasteiger partial charge in [0.2, 0.25) is 5.12 Å². The Morgan fingerprint density at radius 2 is 1.71 bits per heavy atom. The standard InChI is InChI=1S/C20H31NO2S/c1-19(2,3)15-10-13(11-16(17(15)22)20(4,5)6)18(23)24-12-14-8-7-9-21-14/h10-11,14,21-22H,7-9,12H2,1-6H3. The van der Waals surface area contributed by atoms with E-state index in [0.29, 0.717) is 17.4 Å². The van der Waals surface area contributed by atoms with Crippen LogP contribution >= 0.6 is 11.8 Å². The summed E-state index contributed by atoms with van der Waals surface area (Å²) in [5.74, 6) is 1.14. The van der Waals surface area contributed by atoms with Crippen LogP contribution in [0.3, 0.4) is 0 Å². The number of benzene rings is 1. The quantitative estimate of drug-likeness (QED) is 0.836. The largest absolute Gasteiger partial charge is 0.507 e. The lowest BCUT2D eigenvalue weighted by molar-refractivity contribution is 0.108. The second-order valence-electron chi connectivity index (χ2n) is 8.81. The first-order valence-corrected chi connectivity index (χ1v) is 9.77. The van der Waals surface area contributed by atoms with Gasteiger partial charge in [0.15, 0.2) is 0 Å². The maximum Gasteiger partial charge on any atom is 0.219 e. The predicted octanol–water partition coefficient (Wildman–Crippen LogP) is 4.61. The first kappa shape index (κ1) is 19.3. The lowest BCUT2D eigenvalue weighted by atomic mass is 9.78. The summed E-state index contributed by atoms with van der Waals surface area (Å²) in [6.45, 7) is 13.5. The molecule has 2 N–H and O–H groups in total. The van der Waals surface area contributed by atoms with Gasteiger partial charge in [0, 0.05) is 28.5 Å². The lowest BCUT2D eigenvalue weighted by Gasteiger charge is -2.28. The highest BCUT2D eigenvalue weighted by Gasteiger charge is 2.28. The zero-order chi connectivity index (χ0) is 18.1. The average Bonchev–Trinajstić information content (AvgIpc) is 2.95. The van der Waals surface area contributed by atoms with Crippen molar-refractivity contribution in [2.24, 2.45) is 0 Å². The molecule has 0 radical (unpaired) electrons. The third kappa shape index (κ3) is 4.54. The molecule has 1 atom stereocenters. The first-order chi connectivity index (χ1) is 11.0. The fourth-order valence-electron chi connectivity index (χ4n) is 3.05. The van der Waals surface area contributed by atoms with Gasteiger partial charge in [0.05, 0.1) is 0 Å². The molecule has 0 spiro atoms. The number of rotatable bonds is 3. The summed E-state index contributed by atoms with van der Waals surface area (Å²) < 4.78 is 0. The SMILES string of the molecule is CC(C)(C)c1cc(C(=O)SCC2CCCN2)cc(C(C)(C)C)c1O. The van der Waals surface area contributed by atoms with Crippen molar-refractivity contribution in [1.82, 2.24) is 5.32 Å². The molecule has 24 heavy (non-hydrogen) atoms. The number of phenolic OH excluding ortho intramolecular Hbond substituents is 1. The molecule has 1 saturated heterocycles. The van der Waals surface area contributed by atoms with Gasteiger partial charge in [-0.1, -0.05) is 53.3 Å². The van der Waals surface area contributed by atoms with Gasteiger partial charge in [-0.3, -0.25) is 4.79 Å². The molecule has 1 aliphatic heterocycles. The molecule has 2 rings (SSSR count). The Hall–Kier alpha value is -1.00. The Balaban J connectivity index is 2.33. The van der Waals surface area contributed by atoms with Crippen molar-refractivity contribution in [3.8, 4) is 5.75 Å². The van der Waals surface area contributed by atoms with E-state index in [1.54, 1.807) is 0 Å². The van der Waals surface area contributed by atoms with Crippen LogP contribution in [-0.2, 0) is 10.8 Å². The number of phenols is 1. The fourth-order valence-corrected chi connectivity index (χ4v) is 3.98. The predicted molar refractivity (Wildman–Crippen MR) is 103 cm³/mol. The van der Waals surface area contributed by atoms with E-state index in [4.69, 9.17) is 0 Å². The van der Waals surface area contributed by atoms with Crippen molar-refractivity contribution in [1.29, 1.82) is 0 Å². The Labute approximate surface area is 150 Å². The molecule has 1 aromatic rings. The second kappa shape index (κ2) is 7.09. The van der Waals surface area contributed by atoms with Gasteiger partial charge in [-0.15, -0.1) is 0 Å². The molecule has 1 heterocycles. The van der Waals surface area contributed by atoms with Crippen molar-refractivity contribution in [3.05, 3.63) is 28.8 Å². The van der Waals surface area contributed by atoms with Gasteiger partial charge in [-0.2, -0.15) is 0 Å². The molecule has 0 aromatic heterocycles. The molecule has 1 fully saturated rings. The Kier molecular flexibility index (Phi) is 5.71. The molecular formula is C20H31NO2S. The average molecular weight is 350 g/mol. The Morgan fingerprint density at radius 1 is 1.17 bits per heavy atom. The van der Waals surface area contributed by atoms with E-state index >= 15 is 0 Å². The van der Waals surface area contributed by atoms with E-state index in [9.17, 15) is 9.90 Å². The van der Waals surface area contributed by atoms with E-state index in [-0.39, 0.29) is 15.9 Å². The summed E-state index contributed by atoms with van der Waals surface area (Å²) in [5.41, 5.74) is 1.97. The van der Waals surface area contributed by atoms with Gasteiger partial charge < -0.3 is 10.4 Å². The normalized spacial score (nSPS) is 18.8. The van der Waals surface area contributed by atoms with E-state index < -0.39 is 0 Å². The smallest absolute Gasteiger partial charge is 0.219 e. The molecule has 1 unspecified atom stereocenters. The summed E-state index contributed by atoms with van der Waals surface area (Å²) in [6.07, 6.45) is 2.34. The van der Waals surface area contributed by atoms with Gasteiger partial charge >= 0.3 is 0 Å². The third-order valence-corrected chi connectivity index (χ3v) is 5.61. The number of nitrogens with one attached hydrogen (secondary N) is 1. The van der Waals surface area contributed by atoms with E-state index in [1.165, 1.54) is 18.2 Å². The summed E-state index contributed by atoms with van der Waals surface area (Å²) in [5, 5.41) is 14.3. The summed E-state index contributed by atoms with van der Waals surface area (Å²) >= 11 is 1.39. The van der Waals surface area contributed by atoms with Gasteiger partial charge in [-0.25, -0.2) is 0 Å². The highest BCUT2D eigenvalue weighted by atomic mass is 32.2. The van der Waals surface area contributed by atoms with Crippen LogP contribution in [0.4, 0.5) is 0 Å². The minimum atomic E-state index is -0.210. The second-order valence-corrected chi connectivity index (χ2v) is 9.80. The molecule has 0 aliphatic carbocycles. The van der Waals surface area contributed by atoms with Gasteiger partial charge in [0.25, 0.3) is 0 Å². The van der Waals surface area contributed by atoms with Crippen LogP contribution in [0.25, 0.3) is 0 Å². The highest BCUT2D eigenvalue weighted by Crippen LogP contribution is 2.40. The maximum absolute atomic E-state index is 12.7. The third-order valence-electron chi connectivity index (χ3n) is 4.54. The maximum atomic E-state index is 12.7. The molecule has 1 aliphatic rings. The number of hydrogen-bond donors (Lipinski definition) is 2. The van der Waals surface area contributed by atoms with E-state index in [2.05, 4.69) is 46.9 Å². The van der Waals surface area contributed by atoms with Crippen LogP contribution in [0, 0.1) is 0 Å². The number of aromatic hydroxyl groups is 1. The molecule has 0 saturated carbocycles. The molecule has 3 nitrogen and oxygen atoms in total. The molecular weight excluding hydrogens is 318 g/mol. The van der Waals surface area contributed by atoms with Crippen molar-refractivity contribution < 1.29 is 9.90 Å². The molecule has 4 heteroatoms. The van der Waals surface area contributed by atoms with Crippen LogP contribution in [0.2, 0.25) is 0 Å². The van der Waals surface area contributed by atoms with Gasteiger partial charge in [-0.05, 0) is 42.3 Å². The van der Waals surface area contributed by atoms with Crippen LogP contribution in [0.15, 0.2) is 12.1 Å². The van der Waals surface area contributed by atoms with Crippen LogP contribution in [0.1, 0.15) is 75.9 Å². The zero-order valence-corrected chi connectivity index (χ0v) is 16.6. The number of thioether (sulfide) groups is 1. The number of carbonyl (C=O) groups excluding carboxylic acids is 1. The first-order valence-electron chi connectivity index (χ1n) is 8.78. The minimum Gasteiger partial charge on any atom is -0.507 e. The summed E-state index contributed by atoms with van der Waals surface area (Å²) in [7, 11) is 0. The number of carbonyl (C=O) groups is 1. The molecule has 0 bridgehead atoms. The zero-order valence-electron chi connectivity index (χ0n) is 15.8. The molecule has 1 aromatic carbocycles. The molecule has 134 valence electrons. The van der Waals surface area contributed by atoms with Crippen molar-refractivity contribution >= 4 is 16.9 Å². The highest BCUT2D eigenvalue weighted by molar-refractivity contribution is 8.14. The minimum absolute atomic E-state index is 0.0969. The van der Waals surface area contributed by atoms with Crippen molar-refractivity contribution in [2.75, 3.05) is 12.3 Å². The lowest BCUT2D eigenvalue weighted by Crippen LogP contribution is -2.24.